The van der Waals surface area contributed by atoms with Crippen molar-refractivity contribution in [2.75, 3.05) is 6.61 Å². The Morgan fingerprint density at radius 2 is 1.75 bits per heavy atom. The van der Waals surface area contributed by atoms with E-state index in [1.54, 1.807) is 0 Å². The van der Waals surface area contributed by atoms with E-state index >= 15 is 0 Å². The van der Waals surface area contributed by atoms with Gasteiger partial charge in [-0.2, -0.15) is 0 Å². The highest BCUT2D eigenvalue weighted by Crippen LogP contribution is 2.31. The molecule has 1 saturated carbocycles. The summed E-state index contributed by atoms with van der Waals surface area (Å²) in [6.07, 6.45) is 4.50. The summed E-state index contributed by atoms with van der Waals surface area (Å²) in [6.45, 7) is 4.74. The first-order chi connectivity index (χ1) is 9.67. The van der Waals surface area contributed by atoms with Crippen LogP contribution in [-0.2, 0) is 0 Å². The van der Waals surface area contributed by atoms with Gasteiger partial charge in [-0.1, -0.05) is 25.7 Å². The van der Waals surface area contributed by atoms with E-state index in [1.807, 2.05) is 24.3 Å². The van der Waals surface area contributed by atoms with Crippen LogP contribution in [0.25, 0.3) is 0 Å². The number of aliphatic hydroxyl groups excluding tert-OH is 1. The standard InChI is InChI=1S/C18H24O2/c1-14-11-15(2)13-18(12-14)20-17-8-6-16(7-9-17)5-3-4-10-19/h6-9,14-15,18-19H,4,10-13H2,1-2H3. The Bertz CT molecular complexity index is 456. The molecule has 1 aromatic carbocycles. The van der Waals surface area contributed by atoms with Crippen LogP contribution in [-0.4, -0.2) is 17.8 Å². The Labute approximate surface area is 122 Å². The van der Waals surface area contributed by atoms with Crippen LogP contribution in [0.15, 0.2) is 24.3 Å². The highest BCUT2D eigenvalue weighted by Gasteiger charge is 2.25. The molecule has 0 radical (unpaired) electrons. The third kappa shape index (κ3) is 4.58. The minimum absolute atomic E-state index is 0.117. The van der Waals surface area contributed by atoms with Gasteiger partial charge in [-0.3, -0.25) is 0 Å². The number of ether oxygens (including phenoxy) is 1. The summed E-state index contributed by atoms with van der Waals surface area (Å²) in [5.74, 6) is 8.40. The Kier molecular flexibility index (Phi) is 5.49. The quantitative estimate of drug-likeness (QED) is 0.852. The summed E-state index contributed by atoms with van der Waals surface area (Å²) in [7, 11) is 0. The molecule has 0 heterocycles. The van der Waals surface area contributed by atoms with Crippen molar-refractivity contribution in [3.8, 4) is 17.6 Å². The summed E-state index contributed by atoms with van der Waals surface area (Å²) in [5, 5.41) is 8.69. The molecule has 2 nitrogen and oxygen atoms in total. The second-order valence-electron chi connectivity index (χ2n) is 5.96. The van der Waals surface area contributed by atoms with Crippen molar-refractivity contribution in [3.05, 3.63) is 29.8 Å². The van der Waals surface area contributed by atoms with Gasteiger partial charge in [0.2, 0.25) is 0 Å². The minimum atomic E-state index is 0.117. The van der Waals surface area contributed by atoms with Crippen molar-refractivity contribution >= 4 is 0 Å². The molecule has 2 rings (SSSR count). The van der Waals surface area contributed by atoms with Gasteiger partial charge in [-0.05, 0) is 55.4 Å². The first-order valence-corrected chi connectivity index (χ1v) is 7.54. The highest BCUT2D eigenvalue weighted by molar-refractivity contribution is 5.38. The summed E-state index contributed by atoms with van der Waals surface area (Å²) >= 11 is 0. The van der Waals surface area contributed by atoms with E-state index in [-0.39, 0.29) is 6.61 Å². The normalized spacial score (nSPS) is 25.6. The predicted octanol–water partition coefficient (Wildman–Crippen LogP) is 3.62. The van der Waals surface area contributed by atoms with E-state index in [4.69, 9.17) is 9.84 Å². The van der Waals surface area contributed by atoms with E-state index in [1.165, 1.54) is 6.42 Å². The highest BCUT2D eigenvalue weighted by atomic mass is 16.5. The van der Waals surface area contributed by atoms with Gasteiger partial charge in [-0.25, -0.2) is 0 Å². The summed E-state index contributed by atoms with van der Waals surface area (Å²) in [5.41, 5.74) is 0.969. The molecule has 20 heavy (non-hydrogen) atoms. The number of rotatable bonds is 3. The number of hydrogen-bond acceptors (Lipinski definition) is 2. The second-order valence-corrected chi connectivity index (χ2v) is 5.96. The molecule has 108 valence electrons. The monoisotopic (exact) mass is 272 g/mol. The Morgan fingerprint density at radius 1 is 1.10 bits per heavy atom. The van der Waals surface area contributed by atoms with Crippen LogP contribution in [0.3, 0.4) is 0 Å². The van der Waals surface area contributed by atoms with E-state index in [9.17, 15) is 0 Å². The first-order valence-electron chi connectivity index (χ1n) is 7.54. The van der Waals surface area contributed by atoms with Gasteiger partial charge in [0.05, 0.1) is 12.7 Å². The molecule has 0 aromatic heterocycles. The maximum Gasteiger partial charge on any atom is 0.119 e. The molecule has 0 aliphatic heterocycles. The fraction of sp³-hybridized carbons (Fsp3) is 0.556. The lowest BCUT2D eigenvalue weighted by Gasteiger charge is -2.31. The number of benzene rings is 1. The van der Waals surface area contributed by atoms with Crippen molar-refractivity contribution in [1.82, 2.24) is 0 Å². The van der Waals surface area contributed by atoms with E-state index in [0.29, 0.717) is 12.5 Å². The third-order valence-electron chi connectivity index (χ3n) is 3.76. The average molecular weight is 272 g/mol. The smallest absolute Gasteiger partial charge is 0.119 e. The molecule has 2 unspecified atom stereocenters. The predicted molar refractivity (Wildman–Crippen MR) is 81.6 cm³/mol. The molecule has 0 bridgehead atoms. The van der Waals surface area contributed by atoms with Gasteiger partial charge in [0.25, 0.3) is 0 Å². The lowest BCUT2D eigenvalue weighted by Crippen LogP contribution is -2.28. The largest absolute Gasteiger partial charge is 0.490 e. The van der Waals surface area contributed by atoms with E-state index in [2.05, 4.69) is 25.7 Å². The van der Waals surface area contributed by atoms with Crippen molar-refractivity contribution in [2.45, 2.75) is 45.6 Å². The van der Waals surface area contributed by atoms with Gasteiger partial charge >= 0.3 is 0 Å². The lowest BCUT2D eigenvalue weighted by molar-refractivity contribution is 0.101. The molecule has 1 aliphatic rings. The molecule has 1 fully saturated rings. The zero-order valence-electron chi connectivity index (χ0n) is 12.4. The van der Waals surface area contributed by atoms with E-state index < -0.39 is 0 Å². The zero-order chi connectivity index (χ0) is 14.4. The Hall–Kier alpha value is -1.46. The van der Waals surface area contributed by atoms with Crippen LogP contribution in [0.1, 0.15) is 45.1 Å². The van der Waals surface area contributed by atoms with Gasteiger partial charge in [-0.15, -0.1) is 0 Å². The average Bonchev–Trinajstić information content (AvgIpc) is 2.40. The fourth-order valence-corrected chi connectivity index (χ4v) is 3.00. The van der Waals surface area contributed by atoms with Crippen molar-refractivity contribution in [3.63, 3.8) is 0 Å². The molecule has 2 heteroatoms. The van der Waals surface area contributed by atoms with Crippen LogP contribution in [0.2, 0.25) is 0 Å². The molecule has 0 spiro atoms. The molecule has 1 aliphatic carbocycles. The summed E-state index contributed by atoms with van der Waals surface area (Å²) in [4.78, 5) is 0. The molecular weight excluding hydrogens is 248 g/mol. The van der Waals surface area contributed by atoms with Crippen molar-refractivity contribution in [1.29, 1.82) is 0 Å². The van der Waals surface area contributed by atoms with Crippen molar-refractivity contribution in [2.24, 2.45) is 11.8 Å². The maximum atomic E-state index is 8.69. The number of aliphatic hydroxyl groups is 1. The molecule has 2 atom stereocenters. The van der Waals surface area contributed by atoms with Gasteiger partial charge in [0.15, 0.2) is 0 Å². The van der Waals surface area contributed by atoms with E-state index in [0.717, 1.165) is 36.0 Å². The van der Waals surface area contributed by atoms with Crippen LogP contribution in [0.5, 0.6) is 5.75 Å². The SMILES string of the molecule is CC1CC(C)CC(Oc2ccc(C#CCCO)cc2)C1. The summed E-state index contributed by atoms with van der Waals surface area (Å²) in [6, 6.07) is 7.95. The van der Waals surface area contributed by atoms with Gasteiger partial charge < -0.3 is 9.84 Å². The minimum Gasteiger partial charge on any atom is -0.490 e. The molecular formula is C18H24O2. The topological polar surface area (TPSA) is 29.5 Å². The molecule has 1 aromatic rings. The van der Waals surface area contributed by atoms with Gasteiger partial charge in [0, 0.05) is 12.0 Å². The zero-order valence-corrected chi connectivity index (χ0v) is 12.4. The maximum absolute atomic E-state index is 8.69. The second kappa shape index (κ2) is 7.36. The van der Waals surface area contributed by atoms with Gasteiger partial charge in [0.1, 0.15) is 5.75 Å². The van der Waals surface area contributed by atoms with Crippen LogP contribution in [0.4, 0.5) is 0 Å². The van der Waals surface area contributed by atoms with Crippen LogP contribution >= 0.6 is 0 Å². The molecule has 1 N–H and O–H groups in total. The van der Waals surface area contributed by atoms with Crippen LogP contribution < -0.4 is 4.74 Å². The Morgan fingerprint density at radius 3 is 2.35 bits per heavy atom. The van der Waals surface area contributed by atoms with Crippen LogP contribution in [0, 0.1) is 23.7 Å². The summed E-state index contributed by atoms with van der Waals surface area (Å²) < 4.78 is 6.09. The van der Waals surface area contributed by atoms with Crippen molar-refractivity contribution < 1.29 is 9.84 Å². The first kappa shape index (κ1) is 14.9. The fourth-order valence-electron chi connectivity index (χ4n) is 3.00. The Balaban J connectivity index is 1.92. The molecule has 0 amide bonds. The molecule has 0 saturated heterocycles. The third-order valence-corrected chi connectivity index (χ3v) is 3.76. The lowest BCUT2D eigenvalue weighted by atomic mass is 9.82. The number of hydrogen-bond donors (Lipinski definition) is 1.